The van der Waals surface area contributed by atoms with Crippen molar-refractivity contribution in [1.82, 2.24) is 5.32 Å². The molecular weight excluding hydrogens is 433 g/mol. The number of unbranched alkanes of at least 4 members (excludes halogenated alkanes) is 3. The van der Waals surface area contributed by atoms with Crippen LogP contribution in [0.2, 0.25) is 5.02 Å². The van der Waals surface area contributed by atoms with Crippen LogP contribution >= 0.6 is 27.5 Å². The summed E-state index contributed by atoms with van der Waals surface area (Å²) in [6.07, 6.45) is 4.96. The van der Waals surface area contributed by atoms with Crippen molar-refractivity contribution in [2.45, 2.75) is 45.8 Å². The van der Waals surface area contributed by atoms with Crippen molar-refractivity contribution in [2.75, 3.05) is 13.7 Å². The number of benzene rings is 2. The van der Waals surface area contributed by atoms with E-state index in [0.717, 1.165) is 23.1 Å². The molecule has 2 aromatic carbocycles. The third kappa shape index (κ3) is 6.98. The van der Waals surface area contributed by atoms with Gasteiger partial charge in [-0.2, -0.15) is 0 Å². The minimum Gasteiger partial charge on any atom is -0.493 e. The lowest BCUT2D eigenvalue weighted by molar-refractivity contribution is 0.284. The quantitative estimate of drug-likeness (QED) is 0.390. The van der Waals surface area contributed by atoms with Gasteiger partial charge in [0.2, 0.25) is 0 Å². The summed E-state index contributed by atoms with van der Waals surface area (Å²) in [5.74, 6) is 0.895. The van der Waals surface area contributed by atoms with Crippen molar-refractivity contribution >= 4 is 27.5 Å². The normalized spacial score (nSPS) is 10.9. The molecule has 2 rings (SSSR count). The Hall–Kier alpha value is -1.30. The molecule has 0 saturated carbocycles. The summed E-state index contributed by atoms with van der Waals surface area (Å²) in [7, 11) is 1.61. The van der Waals surface area contributed by atoms with Crippen LogP contribution in [-0.4, -0.2) is 13.7 Å². The highest BCUT2D eigenvalue weighted by Crippen LogP contribution is 2.34. The van der Waals surface area contributed by atoms with Gasteiger partial charge < -0.3 is 14.8 Å². The Morgan fingerprint density at radius 3 is 2.59 bits per heavy atom. The smallest absolute Gasteiger partial charge is 0.162 e. The molecule has 0 fully saturated rings. The lowest BCUT2D eigenvalue weighted by Gasteiger charge is -2.15. The molecule has 0 amide bonds. The van der Waals surface area contributed by atoms with Crippen LogP contribution in [0, 0.1) is 5.82 Å². The van der Waals surface area contributed by atoms with Crippen LogP contribution in [0.4, 0.5) is 4.39 Å². The summed E-state index contributed by atoms with van der Waals surface area (Å²) in [4.78, 5) is 0. The molecule has 0 unspecified atom stereocenters. The van der Waals surface area contributed by atoms with Gasteiger partial charge in [-0.1, -0.05) is 59.8 Å². The molecule has 148 valence electrons. The number of hydrogen-bond donors (Lipinski definition) is 1. The predicted octanol–water partition coefficient (Wildman–Crippen LogP) is 6.50. The van der Waals surface area contributed by atoms with Crippen molar-refractivity contribution in [3.8, 4) is 11.5 Å². The van der Waals surface area contributed by atoms with Crippen LogP contribution in [0.15, 0.2) is 34.8 Å². The Labute approximate surface area is 174 Å². The number of rotatable bonds is 11. The number of methoxy groups -OCH3 is 1. The highest BCUT2D eigenvalue weighted by Gasteiger charge is 2.12. The fraction of sp³-hybridized carbons (Fsp3) is 0.429. The van der Waals surface area contributed by atoms with E-state index in [0.29, 0.717) is 22.1 Å². The Balaban J connectivity index is 1.98. The molecule has 0 aliphatic heterocycles. The molecule has 0 heterocycles. The zero-order valence-corrected chi connectivity index (χ0v) is 18.1. The van der Waals surface area contributed by atoms with Gasteiger partial charge >= 0.3 is 0 Å². The van der Waals surface area contributed by atoms with Gasteiger partial charge in [0.25, 0.3) is 0 Å². The molecule has 1 N–H and O–H groups in total. The molecule has 0 bridgehead atoms. The van der Waals surface area contributed by atoms with Gasteiger partial charge in [-0.3, -0.25) is 0 Å². The molecule has 3 nitrogen and oxygen atoms in total. The second-order valence-electron chi connectivity index (χ2n) is 6.36. The predicted molar refractivity (Wildman–Crippen MR) is 112 cm³/mol. The maximum absolute atomic E-state index is 13.2. The second-order valence-corrected chi connectivity index (χ2v) is 7.62. The van der Waals surface area contributed by atoms with Crippen molar-refractivity contribution in [3.63, 3.8) is 0 Å². The van der Waals surface area contributed by atoms with Crippen molar-refractivity contribution in [3.05, 3.63) is 56.8 Å². The van der Waals surface area contributed by atoms with Crippen LogP contribution in [0.25, 0.3) is 0 Å². The van der Waals surface area contributed by atoms with Crippen LogP contribution in [0.1, 0.15) is 43.7 Å². The molecule has 0 aliphatic rings. The molecule has 0 aromatic heterocycles. The van der Waals surface area contributed by atoms with Crippen LogP contribution in [0.5, 0.6) is 11.5 Å². The minimum absolute atomic E-state index is 0.233. The fourth-order valence-electron chi connectivity index (χ4n) is 2.68. The first kappa shape index (κ1) is 22.0. The topological polar surface area (TPSA) is 30.5 Å². The summed E-state index contributed by atoms with van der Waals surface area (Å²) < 4.78 is 25.4. The van der Waals surface area contributed by atoms with Crippen LogP contribution in [0.3, 0.4) is 0 Å². The maximum Gasteiger partial charge on any atom is 0.162 e. The van der Waals surface area contributed by atoms with Gasteiger partial charge in [-0.15, -0.1) is 0 Å². The lowest BCUT2D eigenvalue weighted by Crippen LogP contribution is -2.15. The van der Waals surface area contributed by atoms with E-state index in [-0.39, 0.29) is 12.4 Å². The van der Waals surface area contributed by atoms with E-state index in [1.54, 1.807) is 13.2 Å². The molecule has 0 saturated heterocycles. The SMILES string of the molecule is CCCCCCNCc1cc(OC)c(OCc2ccc(F)cc2Cl)cc1Br. The molecule has 0 aliphatic carbocycles. The molecule has 0 radical (unpaired) electrons. The van der Waals surface area contributed by atoms with Gasteiger partial charge in [0.15, 0.2) is 11.5 Å². The third-order valence-corrected chi connectivity index (χ3v) is 5.34. The monoisotopic (exact) mass is 457 g/mol. The Morgan fingerprint density at radius 1 is 1.07 bits per heavy atom. The zero-order valence-electron chi connectivity index (χ0n) is 15.8. The van der Waals surface area contributed by atoms with E-state index in [9.17, 15) is 4.39 Å². The molecule has 6 heteroatoms. The second kappa shape index (κ2) is 11.5. The van der Waals surface area contributed by atoms with Gasteiger partial charge in [0.05, 0.1) is 12.1 Å². The average Bonchev–Trinajstić information content (AvgIpc) is 2.65. The minimum atomic E-state index is -0.365. The van der Waals surface area contributed by atoms with Crippen LogP contribution in [-0.2, 0) is 13.2 Å². The first-order valence-corrected chi connectivity index (χ1v) is 10.4. The first-order chi connectivity index (χ1) is 13.0. The average molecular weight is 459 g/mol. The van der Waals surface area contributed by atoms with Crippen LogP contribution < -0.4 is 14.8 Å². The lowest BCUT2D eigenvalue weighted by atomic mass is 10.1. The van der Waals surface area contributed by atoms with E-state index in [2.05, 4.69) is 28.2 Å². The van der Waals surface area contributed by atoms with Gasteiger partial charge in [-0.25, -0.2) is 4.39 Å². The van der Waals surface area contributed by atoms with Crippen molar-refractivity contribution < 1.29 is 13.9 Å². The van der Waals surface area contributed by atoms with E-state index < -0.39 is 0 Å². The number of halogens is 3. The summed E-state index contributed by atoms with van der Waals surface area (Å²) in [5.41, 5.74) is 1.82. The molecular formula is C21H26BrClFNO2. The molecule has 0 atom stereocenters. The summed E-state index contributed by atoms with van der Waals surface area (Å²) in [6.45, 7) is 4.20. The van der Waals surface area contributed by atoms with E-state index in [1.807, 2.05) is 12.1 Å². The van der Waals surface area contributed by atoms with Gasteiger partial charge in [-0.05, 0) is 42.8 Å². The molecule has 2 aromatic rings. The van der Waals surface area contributed by atoms with Crippen molar-refractivity contribution in [1.29, 1.82) is 0 Å². The van der Waals surface area contributed by atoms with Crippen molar-refractivity contribution in [2.24, 2.45) is 0 Å². The third-order valence-electron chi connectivity index (χ3n) is 4.25. The Kier molecular flexibility index (Phi) is 9.39. The number of hydrogen-bond acceptors (Lipinski definition) is 3. The number of ether oxygens (including phenoxy) is 2. The van der Waals surface area contributed by atoms with Gasteiger partial charge in [0, 0.05) is 16.6 Å². The van der Waals surface area contributed by atoms with E-state index in [1.165, 1.54) is 37.8 Å². The Morgan fingerprint density at radius 2 is 1.89 bits per heavy atom. The summed E-state index contributed by atoms with van der Waals surface area (Å²) in [6, 6.07) is 8.13. The maximum atomic E-state index is 13.2. The highest BCUT2D eigenvalue weighted by atomic mass is 79.9. The summed E-state index contributed by atoms with van der Waals surface area (Å²) >= 11 is 9.66. The first-order valence-electron chi connectivity index (χ1n) is 9.19. The van der Waals surface area contributed by atoms with E-state index >= 15 is 0 Å². The molecule has 27 heavy (non-hydrogen) atoms. The Bertz CT molecular complexity index is 742. The highest BCUT2D eigenvalue weighted by molar-refractivity contribution is 9.10. The fourth-order valence-corrected chi connectivity index (χ4v) is 3.36. The van der Waals surface area contributed by atoms with E-state index in [4.69, 9.17) is 21.1 Å². The summed E-state index contributed by atoms with van der Waals surface area (Å²) in [5, 5.41) is 3.81. The largest absolute Gasteiger partial charge is 0.493 e. The zero-order chi connectivity index (χ0) is 19.6. The molecule has 0 spiro atoms. The standard InChI is InChI=1S/C21H26BrClFNO2/c1-3-4-5-6-9-25-13-16-10-20(26-2)21(12-18(16)22)27-14-15-7-8-17(24)11-19(15)23/h7-8,10-12,25H,3-6,9,13-14H2,1-2H3. The van der Waals surface area contributed by atoms with Gasteiger partial charge in [0.1, 0.15) is 12.4 Å². The number of nitrogens with one attached hydrogen (secondary N) is 1.